The van der Waals surface area contributed by atoms with E-state index in [9.17, 15) is 0 Å². The fourth-order valence-corrected chi connectivity index (χ4v) is 2.59. The van der Waals surface area contributed by atoms with Crippen molar-refractivity contribution in [2.24, 2.45) is 0 Å². The Morgan fingerprint density at radius 1 is 1.40 bits per heavy atom. The van der Waals surface area contributed by atoms with Gasteiger partial charge in [-0.05, 0) is 47.5 Å². The summed E-state index contributed by atoms with van der Waals surface area (Å²) >= 11 is 9.71. The molecule has 0 atom stereocenters. The van der Waals surface area contributed by atoms with Gasteiger partial charge in [-0.25, -0.2) is 4.98 Å². The van der Waals surface area contributed by atoms with Crippen LogP contribution in [-0.2, 0) is 11.3 Å². The average molecular weight is 359 g/mol. The van der Waals surface area contributed by atoms with E-state index >= 15 is 0 Å². The maximum atomic E-state index is 6.17. The Kier molecular flexibility index (Phi) is 5.07. The number of ether oxygens (including phenoxy) is 1. The first kappa shape index (κ1) is 15.4. The van der Waals surface area contributed by atoms with Crippen molar-refractivity contribution in [3.05, 3.63) is 39.1 Å². The van der Waals surface area contributed by atoms with Gasteiger partial charge >= 0.3 is 0 Å². The third-order valence-corrected chi connectivity index (χ3v) is 3.99. The second-order valence-electron chi connectivity index (χ2n) is 4.60. The van der Waals surface area contributed by atoms with Gasteiger partial charge in [-0.2, -0.15) is 0 Å². The molecule has 0 spiro atoms. The molecule has 0 unspecified atom stereocenters. The zero-order valence-corrected chi connectivity index (χ0v) is 14.0. The van der Waals surface area contributed by atoms with Crippen LogP contribution >= 0.6 is 27.5 Å². The monoisotopic (exact) mass is 357 g/mol. The van der Waals surface area contributed by atoms with Gasteiger partial charge in [0, 0.05) is 29.3 Å². The maximum Gasteiger partial charge on any atom is 0.207 e. The Hall–Kier alpha value is -1.04. The molecule has 20 heavy (non-hydrogen) atoms. The summed E-state index contributed by atoms with van der Waals surface area (Å²) in [6.07, 6.45) is 1.99. The number of aromatic nitrogens is 2. The van der Waals surface area contributed by atoms with Gasteiger partial charge in [0.25, 0.3) is 0 Å². The van der Waals surface area contributed by atoms with Crippen LogP contribution in [0.4, 0.5) is 11.6 Å². The highest BCUT2D eigenvalue weighted by Crippen LogP contribution is 2.31. The van der Waals surface area contributed by atoms with Gasteiger partial charge in [0.1, 0.15) is 0 Å². The largest absolute Gasteiger partial charge is 0.383 e. The van der Waals surface area contributed by atoms with E-state index in [-0.39, 0.29) is 0 Å². The van der Waals surface area contributed by atoms with E-state index in [1.807, 2.05) is 36.7 Å². The molecule has 4 nitrogen and oxygen atoms in total. The van der Waals surface area contributed by atoms with E-state index < -0.39 is 0 Å². The standard InChI is InChI=1S/C14H17BrClN3O/c1-9-6-11(15)13(7-12(9)16)18-14-17-10(2)8-19(14)4-5-20-3/h6-8H,4-5H2,1-3H3,(H,17,18). The summed E-state index contributed by atoms with van der Waals surface area (Å²) in [4.78, 5) is 4.48. The lowest BCUT2D eigenvalue weighted by Crippen LogP contribution is -2.07. The summed E-state index contributed by atoms with van der Waals surface area (Å²) in [7, 11) is 1.69. The molecule has 0 aliphatic heterocycles. The van der Waals surface area contributed by atoms with Crippen molar-refractivity contribution in [3.8, 4) is 0 Å². The first-order valence-corrected chi connectivity index (χ1v) is 7.43. The van der Waals surface area contributed by atoms with E-state index in [4.69, 9.17) is 16.3 Å². The number of aryl methyl sites for hydroxylation is 2. The SMILES string of the molecule is COCCn1cc(C)nc1Nc1cc(Cl)c(C)cc1Br. The normalized spacial score (nSPS) is 10.8. The molecule has 0 amide bonds. The molecular formula is C14H17BrClN3O. The third kappa shape index (κ3) is 3.53. The molecule has 1 aromatic heterocycles. The zero-order valence-electron chi connectivity index (χ0n) is 11.7. The zero-order chi connectivity index (χ0) is 14.7. The molecule has 0 bridgehead atoms. The molecule has 108 valence electrons. The van der Waals surface area contributed by atoms with Gasteiger partial charge in [-0.1, -0.05) is 11.6 Å². The number of hydrogen-bond acceptors (Lipinski definition) is 3. The lowest BCUT2D eigenvalue weighted by Gasteiger charge is -2.12. The van der Waals surface area contributed by atoms with Gasteiger partial charge in [0.15, 0.2) is 0 Å². The second-order valence-corrected chi connectivity index (χ2v) is 5.86. The number of methoxy groups -OCH3 is 1. The molecular weight excluding hydrogens is 342 g/mol. The van der Waals surface area contributed by atoms with Crippen molar-refractivity contribution >= 4 is 39.2 Å². The van der Waals surface area contributed by atoms with E-state index in [1.165, 1.54) is 0 Å². The minimum absolute atomic E-state index is 0.639. The number of nitrogens with zero attached hydrogens (tertiary/aromatic N) is 2. The number of anilines is 2. The van der Waals surface area contributed by atoms with Gasteiger partial charge in [-0.15, -0.1) is 0 Å². The minimum atomic E-state index is 0.639. The number of hydrogen-bond donors (Lipinski definition) is 1. The van der Waals surface area contributed by atoms with Crippen LogP contribution in [0.1, 0.15) is 11.3 Å². The van der Waals surface area contributed by atoms with Crippen LogP contribution in [0.3, 0.4) is 0 Å². The Bertz CT molecular complexity index is 613. The Labute approximate surface area is 132 Å². The summed E-state index contributed by atoms with van der Waals surface area (Å²) in [5, 5.41) is 4.03. The summed E-state index contributed by atoms with van der Waals surface area (Å²) < 4.78 is 8.10. The Morgan fingerprint density at radius 3 is 2.85 bits per heavy atom. The van der Waals surface area contributed by atoms with E-state index in [2.05, 4.69) is 26.2 Å². The lowest BCUT2D eigenvalue weighted by atomic mass is 10.2. The van der Waals surface area contributed by atoms with Crippen LogP contribution < -0.4 is 5.32 Å². The highest BCUT2D eigenvalue weighted by atomic mass is 79.9. The lowest BCUT2D eigenvalue weighted by molar-refractivity contribution is 0.188. The van der Waals surface area contributed by atoms with Crippen LogP contribution in [0.2, 0.25) is 5.02 Å². The van der Waals surface area contributed by atoms with Crippen LogP contribution in [0.15, 0.2) is 22.8 Å². The van der Waals surface area contributed by atoms with Gasteiger partial charge in [-0.3, -0.25) is 0 Å². The quantitative estimate of drug-likeness (QED) is 0.866. The van der Waals surface area contributed by atoms with E-state index in [1.54, 1.807) is 7.11 Å². The highest BCUT2D eigenvalue weighted by molar-refractivity contribution is 9.10. The fraction of sp³-hybridized carbons (Fsp3) is 0.357. The van der Waals surface area contributed by atoms with Crippen LogP contribution in [0, 0.1) is 13.8 Å². The van der Waals surface area contributed by atoms with Gasteiger partial charge in [0.05, 0.1) is 18.0 Å². The fourth-order valence-electron chi connectivity index (χ4n) is 1.87. The maximum absolute atomic E-state index is 6.17. The molecule has 0 saturated heterocycles. The summed E-state index contributed by atoms with van der Waals surface area (Å²) in [5.74, 6) is 0.778. The Morgan fingerprint density at radius 2 is 2.15 bits per heavy atom. The average Bonchev–Trinajstić information content (AvgIpc) is 2.73. The Balaban J connectivity index is 2.27. The predicted molar refractivity (Wildman–Crippen MR) is 86.0 cm³/mol. The number of imidazole rings is 1. The van der Waals surface area contributed by atoms with Crippen LogP contribution in [-0.4, -0.2) is 23.3 Å². The summed E-state index contributed by atoms with van der Waals surface area (Å²) in [6.45, 7) is 5.32. The molecule has 2 aromatic rings. The molecule has 0 aliphatic rings. The molecule has 6 heteroatoms. The predicted octanol–water partition coefficient (Wildman–Crippen LogP) is 4.31. The van der Waals surface area contributed by atoms with Crippen molar-refractivity contribution in [1.29, 1.82) is 0 Å². The van der Waals surface area contributed by atoms with E-state index in [0.29, 0.717) is 6.61 Å². The summed E-state index contributed by atoms with van der Waals surface area (Å²) in [6, 6.07) is 3.88. The smallest absolute Gasteiger partial charge is 0.207 e. The molecule has 0 aliphatic carbocycles. The molecule has 1 aromatic carbocycles. The molecule has 1 N–H and O–H groups in total. The number of halogens is 2. The van der Waals surface area contributed by atoms with Gasteiger partial charge < -0.3 is 14.6 Å². The molecule has 0 fully saturated rings. The minimum Gasteiger partial charge on any atom is -0.383 e. The number of nitrogens with one attached hydrogen (secondary N) is 1. The van der Waals surface area contributed by atoms with Crippen LogP contribution in [0.5, 0.6) is 0 Å². The highest BCUT2D eigenvalue weighted by Gasteiger charge is 2.09. The van der Waals surface area contributed by atoms with Crippen molar-refractivity contribution in [2.75, 3.05) is 19.0 Å². The van der Waals surface area contributed by atoms with Crippen molar-refractivity contribution in [3.63, 3.8) is 0 Å². The molecule has 0 radical (unpaired) electrons. The molecule has 2 rings (SSSR count). The second kappa shape index (κ2) is 6.61. The first-order valence-electron chi connectivity index (χ1n) is 6.26. The molecule has 0 saturated carbocycles. The van der Waals surface area contributed by atoms with Crippen molar-refractivity contribution < 1.29 is 4.74 Å². The van der Waals surface area contributed by atoms with Crippen LogP contribution in [0.25, 0.3) is 0 Å². The number of benzene rings is 1. The third-order valence-electron chi connectivity index (χ3n) is 2.93. The topological polar surface area (TPSA) is 39.1 Å². The first-order chi connectivity index (χ1) is 9.51. The van der Waals surface area contributed by atoms with Crippen molar-refractivity contribution in [1.82, 2.24) is 9.55 Å². The summed E-state index contributed by atoms with van der Waals surface area (Å²) in [5.41, 5.74) is 2.88. The van der Waals surface area contributed by atoms with Crippen molar-refractivity contribution in [2.45, 2.75) is 20.4 Å². The van der Waals surface area contributed by atoms with Gasteiger partial charge in [0.2, 0.25) is 5.95 Å². The van der Waals surface area contributed by atoms with E-state index in [0.717, 1.165) is 38.9 Å². The molecule has 1 heterocycles. The number of rotatable bonds is 5.